The molecule has 1 aromatic heterocycles. The third-order valence-electron chi connectivity index (χ3n) is 3.82. The van der Waals surface area contributed by atoms with Gasteiger partial charge in [-0.15, -0.1) is 0 Å². The van der Waals surface area contributed by atoms with Crippen LogP contribution in [0.1, 0.15) is 28.8 Å². The first-order chi connectivity index (χ1) is 10.2. The van der Waals surface area contributed by atoms with E-state index in [1.807, 2.05) is 25.2 Å². The van der Waals surface area contributed by atoms with Crippen LogP contribution in [0.4, 0.5) is 5.82 Å². The summed E-state index contributed by atoms with van der Waals surface area (Å²) in [7, 11) is 1.99. The lowest BCUT2D eigenvalue weighted by Crippen LogP contribution is -2.19. The van der Waals surface area contributed by atoms with E-state index < -0.39 is 0 Å². The third-order valence-corrected chi connectivity index (χ3v) is 4.31. The number of nitrogens with zero attached hydrogens (tertiary/aromatic N) is 3. The molecule has 4 heteroatoms. The molecule has 0 amide bonds. The largest absolute Gasteiger partial charge is 0.354 e. The number of fused-ring (bicyclic) bond motifs is 1. The molecule has 0 unspecified atom stereocenters. The van der Waals surface area contributed by atoms with Crippen molar-refractivity contribution in [2.45, 2.75) is 25.8 Å². The van der Waals surface area contributed by atoms with Crippen LogP contribution in [0.25, 0.3) is 0 Å². The van der Waals surface area contributed by atoms with Crippen molar-refractivity contribution < 1.29 is 0 Å². The van der Waals surface area contributed by atoms with Gasteiger partial charge in [0, 0.05) is 23.8 Å². The van der Waals surface area contributed by atoms with Crippen molar-refractivity contribution in [2.24, 2.45) is 0 Å². The van der Waals surface area contributed by atoms with Crippen molar-refractivity contribution in [3.63, 3.8) is 0 Å². The SMILES string of the molecule is CN(Cc1cccc(Br)c1)c1nc2c(cc1C#N)CCC2. The monoisotopic (exact) mass is 341 g/mol. The average Bonchev–Trinajstić information content (AvgIpc) is 2.93. The highest BCUT2D eigenvalue weighted by atomic mass is 79.9. The summed E-state index contributed by atoms with van der Waals surface area (Å²) in [6.07, 6.45) is 3.22. The normalized spacial score (nSPS) is 12.8. The Morgan fingerprint density at radius 3 is 2.95 bits per heavy atom. The predicted molar refractivity (Wildman–Crippen MR) is 87.2 cm³/mol. The molecule has 3 nitrogen and oxygen atoms in total. The molecule has 1 aromatic carbocycles. The first-order valence-electron chi connectivity index (χ1n) is 7.06. The molecule has 106 valence electrons. The maximum atomic E-state index is 9.38. The van der Waals surface area contributed by atoms with E-state index >= 15 is 0 Å². The predicted octanol–water partition coefficient (Wildman–Crippen LogP) is 3.84. The standard InChI is InChI=1S/C17H16BrN3/c1-21(11-12-4-2-6-15(18)8-12)17-14(10-19)9-13-5-3-7-16(13)20-17/h2,4,6,8-9H,3,5,7,11H2,1H3. The zero-order valence-electron chi connectivity index (χ0n) is 11.9. The van der Waals surface area contributed by atoms with E-state index in [2.05, 4.69) is 39.0 Å². The Morgan fingerprint density at radius 1 is 1.33 bits per heavy atom. The summed E-state index contributed by atoms with van der Waals surface area (Å²) in [5, 5.41) is 9.38. The molecular formula is C17H16BrN3. The second-order valence-electron chi connectivity index (χ2n) is 5.42. The van der Waals surface area contributed by atoms with Crippen molar-refractivity contribution in [1.82, 2.24) is 4.98 Å². The molecule has 0 radical (unpaired) electrons. The molecule has 3 rings (SSSR count). The summed E-state index contributed by atoms with van der Waals surface area (Å²) in [4.78, 5) is 6.79. The minimum Gasteiger partial charge on any atom is -0.354 e. The molecule has 0 saturated heterocycles. The molecule has 0 saturated carbocycles. The van der Waals surface area contributed by atoms with Crippen LogP contribution in [0.5, 0.6) is 0 Å². The summed E-state index contributed by atoms with van der Waals surface area (Å²) in [6.45, 7) is 0.736. The summed E-state index contributed by atoms with van der Waals surface area (Å²) in [5.74, 6) is 0.790. The molecule has 1 aliphatic carbocycles. The summed E-state index contributed by atoms with van der Waals surface area (Å²) >= 11 is 3.49. The average molecular weight is 342 g/mol. The molecule has 21 heavy (non-hydrogen) atoms. The number of nitriles is 1. The summed E-state index contributed by atoms with van der Waals surface area (Å²) < 4.78 is 1.07. The van der Waals surface area contributed by atoms with Crippen LogP contribution in [-0.2, 0) is 19.4 Å². The van der Waals surface area contributed by atoms with Crippen molar-refractivity contribution >= 4 is 21.7 Å². The number of benzene rings is 1. The van der Waals surface area contributed by atoms with Crippen molar-refractivity contribution in [3.8, 4) is 6.07 Å². The molecular weight excluding hydrogens is 326 g/mol. The molecule has 2 aromatic rings. The topological polar surface area (TPSA) is 39.9 Å². The lowest BCUT2D eigenvalue weighted by atomic mass is 10.1. The first-order valence-corrected chi connectivity index (χ1v) is 7.85. The number of hydrogen-bond acceptors (Lipinski definition) is 3. The number of aryl methyl sites for hydroxylation is 2. The van der Waals surface area contributed by atoms with Gasteiger partial charge in [-0.3, -0.25) is 0 Å². The minimum atomic E-state index is 0.674. The maximum absolute atomic E-state index is 9.38. The fourth-order valence-corrected chi connectivity index (χ4v) is 3.27. The van der Waals surface area contributed by atoms with Crippen molar-refractivity contribution in [3.05, 3.63) is 57.2 Å². The Bertz CT molecular complexity index is 718. The number of halogens is 1. The summed E-state index contributed by atoms with van der Waals surface area (Å²) in [6, 6.07) is 12.5. The van der Waals surface area contributed by atoms with Gasteiger partial charge in [0.1, 0.15) is 11.9 Å². The van der Waals surface area contributed by atoms with Crippen LogP contribution in [0.15, 0.2) is 34.8 Å². The lowest BCUT2D eigenvalue weighted by molar-refractivity contribution is 0.871. The Morgan fingerprint density at radius 2 is 2.19 bits per heavy atom. The maximum Gasteiger partial charge on any atom is 0.146 e. The highest BCUT2D eigenvalue weighted by Gasteiger charge is 2.18. The van der Waals surface area contributed by atoms with E-state index in [0.29, 0.717) is 5.56 Å². The zero-order chi connectivity index (χ0) is 14.8. The molecule has 0 aliphatic heterocycles. The lowest BCUT2D eigenvalue weighted by Gasteiger charge is -2.20. The second-order valence-corrected chi connectivity index (χ2v) is 6.33. The zero-order valence-corrected chi connectivity index (χ0v) is 13.5. The number of hydrogen-bond donors (Lipinski definition) is 0. The van der Waals surface area contributed by atoms with Crippen molar-refractivity contribution in [2.75, 3.05) is 11.9 Å². The smallest absolute Gasteiger partial charge is 0.146 e. The van der Waals surface area contributed by atoms with E-state index in [0.717, 1.165) is 41.8 Å². The minimum absolute atomic E-state index is 0.674. The van der Waals surface area contributed by atoms with Gasteiger partial charge in [-0.25, -0.2) is 4.98 Å². The fraction of sp³-hybridized carbons (Fsp3) is 0.294. The van der Waals surface area contributed by atoms with E-state index in [4.69, 9.17) is 4.98 Å². The molecule has 0 fully saturated rings. The van der Waals surface area contributed by atoms with Crippen LogP contribution in [0.3, 0.4) is 0 Å². The van der Waals surface area contributed by atoms with Crippen LogP contribution in [0.2, 0.25) is 0 Å². The highest BCUT2D eigenvalue weighted by molar-refractivity contribution is 9.10. The number of pyridine rings is 1. The van der Waals surface area contributed by atoms with Crippen LogP contribution in [0, 0.1) is 11.3 Å². The Labute approximate surface area is 133 Å². The van der Waals surface area contributed by atoms with Gasteiger partial charge in [0.05, 0.1) is 5.56 Å². The van der Waals surface area contributed by atoms with Crippen molar-refractivity contribution in [1.29, 1.82) is 5.26 Å². The number of aromatic nitrogens is 1. The molecule has 1 heterocycles. The Balaban J connectivity index is 1.91. The number of anilines is 1. The fourth-order valence-electron chi connectivity index (χ4n) is 2.82. The van der Waals surface area contributed by atoms with Crippen LogP contribution < -0.4 is 4.90 Å². The van der Waals surface area contributed by atoms with Gasteiger partial charge in [0.25, 0.3) is 0 Å². The summed E-state index contributed by atoms with van der Waals surface area (Å²) in [5.41, 5.74) is 4.27. The highest BCUT2D eigenvalue weighted by Crippen LogP contribution is 2.27. The van der Waals surface area contributed by atoms with Gasteiger partial charge in [-0.1, -0.05) is 28.1 Å². The van der Waals surface area contributed by atoms with Gasteiger partial charge < -0.3 is 4.90 Å². The van der Waals surface area contributed by atoms with Gasteiger partial charge in [0.15, 0.2) is 0 Å². The molecule has 1 aliphatic rings. The molecule has 0 bridgehead atoms. The van der Waals surface area contributed by atoms with E-state index in [1.54, 1.807) is 0 Å². The van der Waals surface area contributed by atoms with Gasteiger partial charge in [-0.2, -0.15) is 5.26 Å². The van der Waals surface area contributed by atoms with Gasteiger partial charge in [-0.05, 0) is 48.6 Å². The molecule has 0 N–H and O–H groups in total. The Kier molecular flexibility index (Phi) is 3.94. The molecule has 0 atom stereocenters. The third kappa shape index (κ3) is 2.93. The number of rotatable bonds is 3. The van der Waals surface area contributed by atoms with Crippen LogP contribution >= 0.6 is 15.9 Å². The quantitative estimate of drug-likeness (QED) is 0.851. The Hall–Kier alpha value is -1.86. The van der Waals surface area contributed by atoms with Crippen LogP contribution in [-0.4, -0.2) is 12.0 Å². The van der Waals surface area contributed by atoms with E-state index in [9.17, 15) is 5.26 Å². The van der Waals surface area contributed by atoms with Gasteiger partial charge >= 0.3 is 0 Å². The molecule has 0 spiro atoms. The second kappa shape index (κ2) is 5.87. The van der Waals surface area contributed by atoms with E-state index in [1.165, 1.54) is 11.1 Å². The van der Waals surface area contributed by atoms with E-state index in [-0.39, 0.29) is 0 Å². The first kappa shape index (κ1) is 14.1. The van der Waals surface area contributed by atoms with Gasteiger partial charge in [0.2, 0.25) is 0 Å².